The lowest BCUT2D eigenvalue weighted by atomic mass is 9.86. The predicted molar refractivity (Wildman–Crippen MR) is 70.0 cm³/mol. The van der Waals surface area contributed by atoms with Gasteiger partial charge in [-0.3, -0.25) is 15.1 Å². The summed E-state index contributed by atoms with van der Waals surface area (Å²) >= 11 is 3.61. The highest BCUT2D eigenvalue weighted by Gasteiger charge is 2.24. The highest BCUT2D eigenvalue weighted by Crippen LogP contribution is 2.37. The van der Waals surface area contributed by atoms with Gasteiger partial charge in [0.05, 0.1) is 10.5 Å². The van der Waals surface area contributed by atoms with Crippen LogP contribution in [0.5, 0.6) is 0 Å². The van der Waals surface area contributed by atoms with Crippen molar-refractivity contribution in [3.8, 4) is 0 Å². The number of pyridine rings is 1. The molecule has 1 aliphatic carbocycles. The van der Waals surface area contributed by atoms with Crippen molar-refractivity contribution >= 4 is 27.2 Å². The van der Waals surface area contributed by atoms with Gasteiger partial charge in [-0.1, -0.05) is 28.9 Å². The summed E-state index contributed by atoms with van der Waals surface area (Å²) in [6, 6.07) is 1.73. The summed E-state index contributed by atoms with van der Waals surface area (Å²) in [6.45, 7) is 2.15. The van der Waals surface area contributed by atoms with Crippen LogP contribution >= 0.6 is 15.9 Å². The number of nitrogens with zero attached hydrogens (tertiary/aromatic N) is 2. The van der Waals surface area contributed by atoms with Crippen molar-refractivity contribution < 1.29 is 4.92 Å². The minimum absolute atomic E-state index is 0.0963. The smallest absolute Gasteiger partial charge is 0.258 e. The topological polar surface area (TPSA) is 56.0 Å². The molecule has 0 spiro atoms. The highest BCUT2D eigenvalue weighted by molar-refractivity contribution is 9.09. The number of nitro groups is 1. The molecule has 0 bridgehead atoms. The third kappa shape index (κ3) is 2.54. The summed E-state index contributed by atoms with van der Waals surface area (Å²) in [5.74, 6) is 0.489. The Kier molecular flexibility index (Phi) is 3.57. The van der Waals surface area contributed by atoms with Gasteiger partial charge >= 0.3 is 0 Å². The molecule has 1 aromatic rings. The molecule has 90 valence electrons. The molecule has 1 aromatic heterocycles. The fraction of sp³-hybridized carbons (Fsp3) is 0.417. The Morgan fingerprint density at radius 3 is 3.00 bits per heavy atom. The molecule has 1 aliphatic rings. The van der Waals surface area contributed by atoms with Crippen LogP contribution in [-0.2, 0) is 0 Å². The summed E-state index contributed by atoms with van der Waals surface area (Å²) < 4.78 is 0. The van der Waals surface area contributed by atoms with Crippen molar-refractivity contribution in [1.29, 1.82) is 0 Å². The Morgan fingerprint density at radius 2 is 2.35 bits per heavy atom. The van der Waals surface area contributed by atoms with Crippen LogP contribution in [0.4, 0.5) is 5.69 Å². The normalized spacial score (nSPS) is 24.2. The zero-order valence-electron chi connectivity index (χ0n) is 9.47. The van der Waals surface area contributed by atoms with Crippen LogP contribution < -0.4 is 0 Å². The SMILES string of the molecule is CC1CC(c2ccncc2[N+](=O)[O-])=CCC1Br. The molecule has 5 heteroatoms. The Morgan fingerprint density at radius 1 is 1.59 bits per heavy atom. The van der Waals surface area contributed by atoms with Gasteiger partial charge in [0.2, 0.25) is 0 Å². The lowest BCUT2D eigenvalue weighted by Gasteiger charge is -2.24. The number of rotatable bonds is 2. The molecule has 0 saturated carbocycles. The fourth-order valence-electron chi connectivity index (χ4n) is 2.07. The second-order valence-corrected chi connectivity index (χ2v) is 5.49. The van der Waals surface area contributed by atoms with Crippen molar-refractivity contribution in [3.63, 3.8) is 0 Å². The van der Waals surface area contributed by atoms with Crippen LogP contribution in [0.2, 0.25) is 0 Å². The van der Waals surface area contributed by atoms with Gasteiger partial charge in [0.1, 0.15) is 6.20 Å². The van der Waals surface area contributed by atoms with E-state index < -0.39 is 0 Å². The van der Waals surface area contributed by atoms with Crippen molar-refractivity contribution in [2.24, 2.45) is 5.92 Å². The van der Waals surface area contributed by atoms with Gasteiger partial charge in [0.15, 0.2) is 0 Å². The Balaban J connectivity index is 2.38. The number of aromatic nitrogens is 1. The van der Waals surface area contributed by atoms with E-state index in [0.29, 0.717) is 16.3 Å². The minimum Gasteiger partial charge on any atom is -0.258 e. The first kappa shape index (κ1) is 12.2. The largest absolute Gasteiger partial charge is 0.294 e. The zero-order valence-corrected chi connectivity index (χ0v) is 11.1. The quantitative estimate of drug-likeness (QED) is 0.476. The van der Waals surface area contributed by atoms with E-state index in [9.17, 15) is 10.1 Å². The first-order chi connectivity index (χ1) is 8.09. The average molecular weight is 297 g/mol. The molecule has 0 radical (unpaired) electrons. The molecular formula is C12H13BrN2O2. The summed E-state index contributed by atoms with van der Waals surface area (Å²) in [4.78, 5) is 14.9. The van der Waals surface area contributed by atoms with Gasteiger partial charge in [-0.05, 0) is 30.4 Å². The van der Waals surface area contributed by atoms with E-state index in [4.69, 9.17) is 0 Å². The Bertz CT molecular complexity index is 473. The van der Waals surface area contributed by atoms with Gasteiger partial charge in [-0.25, -0.2) is 0 Å². The Labute approximate surface area is 108 Å². The van der Waals surface area contributed by atoms with Gasteiger partial charge < -0.3 is 0 Å². The molecule has 0 aromatic carbocycles. The number of alkyl halides is 1. The van der Waals surface area contributed by atoms with Crippen molar-refractivity contribution in [2.45, 2.75) is 24.6 Å². The number of allylic oxidation sites excluding steroid dienone is 2. The maximum atomic E-state index is 10.9. The minimum atomic E-state index is -0.367. The van der Waals surface area contributed by atoms with Gasteiger partial charge in [-0.15, -0.1) is 0 Å². The first-order valence-corrected chi connectivity index (χ1v) is 6.43. The predicted octanol–water partition coefficient (Wildman–Crippen LogP) is 3.57. The molecule has 2 rings (SSSR count). The summed E-state index contributed by atoms with van der Waals surface area (Å²) in [5, 5.41) is 10.9. The van der Waals surface area contributed by atoms with Crippen LogP contribution in [-0.4, -0.2) is 14.7 Å². The molecule has 17 heavy (non-hydrogen) atoms. The second-order valence-electron chi connectivity index (χ2n) is 4.31. The molecule has 0 fully saturated rings. The van der Waals surface area contributed by atoms with E-state index in [2.05, 4.69) is 33.9 Å². The monoisotopic (exact) mass is 296 g/mol. The molecule has 2 unspecified atom stereocenters. The number of hydrogen-bond acceptors (Lipinski definition) is 3. The molecule has 0 saturated heterocycles. The third-order valence-corrected chi connectivity index (χ3v) is 4.37. The maximum absolute atomic E-state index is 10.9. The van der Waals surface area contributed by atoms with Crippen LogP contribution in [0.1, 0.15) is 25.3 Å². The maximum Gasteiger partial charge on any atom is 0.294 e. The van der Waals surface area contributed by atoms with E-state index in [1.54, 1.807) is 12.3 Å². The summed E-state index contributed by atoms with van der Waals surface area (Å²) in [6.07, 6.45) is 6.79. The fourth-order valence-corrected chi connectivity index (χ4v) is 2.44. The van der Waals surface area contributed by atoms with Crippen LogP contribution in [0, 0.1) is 16.0 Å². The molecule has 0 amide bonds. The van der Waals surface area contributed by atoms with Crippen molar-refractivity contribution in [1.82, 2.24) is 4.98 Å². The van der Waals surface area contributed by atoms with E-state index in [0.717, 1.165) is 18.4 Å². The second kappa shape index (κ2) is 4.96. The van der Waals surface area contributed by atoms with Crippen molar-refractivity contribution in [2.75, 3.05) is 0 Å². The molecule has 0 N–H and O–H groups in total. The van der Waals surface area contributed by atoms with Crippen LogP contribution in [0.15, 0.2) is 24.5 Å². The third-order valence-electron chi connectivity index (χ3n) is 3.09. The average Bonchev–Trinajstić information content (AvgIpc) is 2.32. The van der Waals surface area contributed by atoms with E-state index >= 15 is 0 Å². The number of hydrogen-bond donors (Lipinski definition) is 0. The lowest BCUT2D eigenvalue weighted by Crippen LogP contribution is -2.15. The molecule has 0 aliphatic heterocycles. The van der Waals surface area contributed by atoms with Crippen LogP contribution in [0.25, 0.3) is 5.57 Å². The van der Waals surface area contributed by atoms with Gasteiger partial charge in [0.25, 0.3) is 5.69 Å². The molecule has 1 heterocycles. The van der Waals surface area contributed by atoms with Gasteiger partial charge in [-0.2, -0.15) is 0 Å². The standard InChI is InChI=1S/C12H13BrN2O2/c1-8-6-9(2-3-11(8)13)10-4-5-14-7-12(10)15(16)17/h2,4-5,7-8,11H,3,6H2,1H3. The highest BCUT2D eigenvalue weighted by atomic mass is 79.9. The summed E-state index contributed by atoms with van der Waals surface area (Å²) in [7, 11) is 0. The van der Waals surface area contributed by atoms with E-state index in [1.807, 2.05) is 0 Å². The zero-order chi connectivity index (χ0) is 12.4. The Hall–Kier alpha value is -1.23. The first-order valence-electron chi connectivity index (χ1n) is 5.51. The molecular weight excluding hydrogens is 284 g/mol. The molecule has 2 atom stereocenters. The van der Waals surface area contributed by atoms with Gasteiger partial charge in [0, 0.05) is 11.0 Å². The van der Waals surface area contributed by atoms with Crippen LogP contribution in [0.3, 0.4) is 0 Å². The lowest BCUT2D eigenvalue weighted by molar-refractivity contribution is -0.385. The molecule has 4 nitrogen and oxygen atoms in total. The van der Waals surface area contributed by atoms with E-state index in [1.165, 1.54) is 6.20 Å². The van der Waals surface area contributed by atoms with Crippen molar-refractivity contribution in [3.05, 3.63) is 40.2 Å². The van der Waals surface area contributed by atoms with E-state index in [-0.39, 0.29) is 10.6 Å². The summed E-state index contributed by atoms with van der Waals surface area (Å²) in [5.41, 5.74) is 1.86. The number of halogens is 1.